The number of hydrogen-bond acceptors (Lipinski definition) is 3. The Bertz CT molecular complexity index is 918. The minimum Gasteiger partial charge on any atom is -0.497 e. The van der Waals surface area contributed by atoms with Gasteiger partial charge in [0.2, 0.25) is 0 Å². The van der Waals surface area contributed by atoms with Gasteiger partial charge >= 0.3 is 0 Å². The molecule has 3 rings (SSSR count). The van der Waals surface area contributed by atoms with E-state index in [1.807, 2.05) is 0 Å². The monoisotopic (exact) mass is 326 g/mol. The predicted molar refractivity (Wildman–Crippen MR) is 87.4 cm³/mol. The quantitative estimate of drug-likeness (QED) is 0.559. The van der Waals surface area contributed by atoms with Crippen LogP contribution in [0.25, 0.3) is 10.9 Å². The lowest BCUT2D eigenvalue weighted by molar-refractivity contribution is -0.117. The summed E-state index contributed by atoms with van der Waals surface area (Å²) in [7, 11) is 1.52. The minimum atomic E-state index is -0.790. The molecule has 1 amide bonds. The maximum absolute atomic E-state index is 13.6. The molecule has 2 aromatic carbocycles. The molecule has 3 aromatic rings. The molecule has 0 saturated heterocycles. The van der Waals surface area contributed by atoms with E-state index in [-0.39, 0.29) is 12.1 Å². The van der Waals surface area contributed by atoms with Gasteiger partial charge in [-0.15, -0.1) is 0 Å². The second-order valence-electron chi connectivity index (χ2n) is 5.22. The van der Waals surface area contributed by atoms with Crippen LogP contribution in [-0.2, 0) is 11.3 Å². The predicted octanol–water partition coefficient (Wildman–Crippen LogP) is 2.81. The molecule has 6 heteroatoms. The summed E-state index contributed by atoms with van der Waals surface area (Å²) < 4.78 is 18.7. The van der Waals surface area contributed by atoms with Crippen LogP contribution in [0.3, 0.4) is 0 Å². The number of fused-ring (bicyclic) bond motifs is 1. The number of aromatic amines is 1. The summed E-state index contributed by atoms with van der Waals surface area (Å²) in [6, 6.07) is 11.3. The normalized spacial score (nSPS) is 10.6. The summed E-state index contributed by atoms with van der Waals surface area (Å²) >= 11 is 0. The molecular weight excluding hydrogens is 311 g/mol. The van der Waals surface area contributed by atoms with Gasteiger partial charge < -0.3 is 15.0 Å². The number of nitrogens with one attached hydrogen (secondary N) is 2. The molecule has 0 radical (unpaired) electrons. The number of carbonyl (C=O) groups excluding carboxylic acids is 2. The van der Waals surface area contributed by atoms with E-state index >= 15 is 0 Å². The molecule has 1 aromatic heterocycles. The van der Waals surface area contributed by atoms with Crippen molar-refractivity contribution in [3.05, 3.63) is 65.6 Å². The number of hydrogen-bond donors (Lipinski definition) is 2. The number of benzene rings is 2. The van der Waals surface area contributed by atoms with Crippen molar-refractivity contribution in [3.8, 4) is 5.75 Å². The fourth-order valence-electron chi connectivity index (χ4n) is 2.43. The van der Waals surface area contributed by atoms with Gasteiger partial charge in [0.05, 0.1) is 12.7 Å². The van der Waals surface area contributed by atoms with Gasteiger partial charge in [-0.1, -0.05) is 18.2 Å². The van der Waals surface area contributed by atoms with Crippen molar-refractivity contribution in [2.75, 3.05) is 7.11 Å². The van der Waals surface area contributed by atoms with Crippen LogP contribution in [-0.4, -0.2) is 23.8 Å². The fraction of sp³-hybridized carbons (Fsp3) is 0.111. The zero-order valence-corrected chi connectivity index (χ0v) is 12.9. The Hall–Kier alpha value is -3.15. The van der Waals surface area contributed by atoms with Crippen molar-refractivity contribution < 1.29 is 18.7 Å². The molecular formula is C18H15FN2O3. The number of methoxy groups -OCH3 is 1. The first kappa shape index (κ1) is 15.7. The van der Waals surface area contributed by atoms with Crippen LogP contribution in [0.1, 0.15) is 15.9 Å². The Morgan fingerprint density at radius 1 is 1.21 bits per heavy atom. The van der Waals surface area contributed by atoms with Gasteiger partial charge in [0.1, 0.15) is 11.6 Å². The van der Waals surface area contributed by atoms with E-state index in [4.69, 9.17) is 4.74 Å². The van der Waals surface area contributed by atoms with Gasteiger partial charge in [-0.25, -0.2) is 4.39 Å². The third-order valence-corrected chi connectivity index (χ3v) is 3.74. The summed E-state index contributed by atoms with van der Waals surface area (Å²) in [6.07, 6.45) is 1.48. The maximum atomic E-state index is 13.6. The SMILES string of the molecule is COc1ccc2[nH]cc(C(=O)C(=O)NCc3ccccc3F)c2c1. The van der Waals surface area contributed by atoms with Crippen molar-refractivity contribution in [2.24, 2.45) is 0 Å². The molecule has 5 nitrogen and oxygen atoms in total. The summed E-state index contributed by atoms with van der Waals surface area (Å²) in [6.45, 7) is -0.0527. The molecule has 0 bridgehead atoms. The minimum absolute atomic E-state index is 0.0527. The van der Waals surface area contributed by atoms with Crippen molar-refractivity contribution in [3.63, 3.8) is 0 Å². The first-order chi connectivity index (χ1) is 11.6. The number of rotatable bonds is 5. The second-order valence-corrected chi connectivity index (χ2v) is 5.22. The van der Waals surface area contributed by atoms with Crippen LogP contribution in [0.2, 0.25) is 0 Å². The number of H-pyrrole nitrogens is 1. The molecule has 0 atom stereocenters. The van der Waals surface area contributed by atoms with Crippen molar-refractivity contribution >= 4 is 22.6 Å². The van der Waals surface area contributed by atoms with E-state index in [1.165, 1.54) is 19.4 Å². The highest BCUT2D eigenvalue weighted by Gasteiger charge is 2.20. The van der Waals surface area contributed by atoms with Crippen LogP contribution < -0.4 is 10.1 Å². The largest absolute Gasteiger partial charge is 0.497 e. The molecule has 0 unspecified atom stereocenters. The standard InChI is InChI=1S/C18H15FN2O3/c1-24-12-6-7-16-13(8-12)14(10-20-16)17(22)18(23)21-9-11-4-2-3-5-15(11)19/h2-8,10,20H,9H2,1H3,(H,21,23). The molecule has 2 N–H and O–H groups in total. The molecule has 0 aliphatic rings. The zero-order valence-electron chi connectivity index (χ0n) is 12.9. The number of ketones is 1. The van der Waals surface area contributed by atoms with Gasteiger partial charge in [0, 0.05) is 29.2 Å². The van der Waals surface area contributed by atoms with Gasteiger partial charge in [-0.3, -0.25) is 9.59 Å². The lowest BCUT2D eigenvalue weighted by Crippen LogP contribution is -2.30. The van der Waals surface area contributed by atoms with E-state index < -0.39 is 17.5 Å². The molecule has 0 fully saturated rings. The Kier molecular flexibility index (Phi) is 4.29. The Balaban J connectivity index is 1.78. The molecule has 0 aliphatic heterocycles. The third kappa shape index (κ3) is 2.99. The lowest BCUT2D eigenvalue weighted by Gasteiger charge is -2.05. The Morgan fingerprint density at radius 3 is 2.75 bits per heavy atom. The van der Waals surface area contributed by atoms with E-state index in [1.54, 1.807) is 36.4 Å². The lowest BCUT2D eigenvalue weighted by atomic mass is 10.1. The summed E-state index contributed by atoms with van der Waals surface area (Å²) in [5.41, 5.74) is 1.29. The van der Waals surface area contributed by atoms with Gasteiger partial charge in [-0.2, -0.15) is 0 Å². The molecule has 0 saturated carbocycles. The molecule has 24 heavy (non-hydrogen) atoms. The number of Topliss-reactive ketones (excluding diaryl/α,β-unsaturated/α-hetero) is 1. The fourth-order valence-corrected chi connectivity index (χ4v) is 2.43. The van der Waals surface area contributed by atoms with Gasteiger partial charge in [0.25, 0.3) is 11.7 Å². The number of aromatic nitrogens is 1. The highest BCUT2D eigenvalue weighted by molar-refractivity contribution is 6.44. The highest BCUT2D eigenvalue weighted by Crippen LogP contribution is 2.24. The number of amides is 1. The van der Waals surface area contributed by atoms with Crippen molar-refractivity contribution in [1.82, 2.24) is 10.3 Å². The van der Waals surface area contributed by atoms with E-state index in [0.29, 0.717) is 16.7 Å². The number of halogens is 1. The van der Waals surface area contributed by atoms with Crippen LogP contribution in [0.4, 0.5) is 4.39 Å². The first-order valence-electron chi connectivity index (χ1n) is 7.31. The molecule has 0 spiro atoms. The van der Waals surface area contributed by atoms with E-state index in [2.05, 4.69) is 10.3 Å². The highest BCUT2D eigenvalue weighted by atomic mass is 19.1. The van der Waals surface area contributed by atoms with Crippen LogP contribution in [0.5, 0.6) is 5.75 Å². The number of carbonyl (C=O) groups is 2. The first-order valence-corrected chi connectivity index (χ1v) is 7.31. The van der Waals surface area contributed by atoms with E-state index in [0.717, 1.165) is 5.52 Å². The Labute approximate surface area is 137 Å². The van der Waals surface area contributed by atoms with Crippen LogP contribution >= 0.6 is 0 Å². The van der Waals surface area contributed by atoms with Crippen LogP contribution in [0.15, 0.2) is 48.7 Å². The zero-order chi connectivity index (χ0) is 17.1. The third-order valence-electron chi connectivity index (χ3n) is 3.74. The van der Waals surface area contributed by atoms with E-state index in [9.17, 15) is 14.0 Å². The van der Waals surface area contributed by atoms with Gasteiger partial charge in [-0.05, 0) is 24.3 Å². The average molecular weight is 326 g/mol. The smallest absolute Gasteiger partial charge is 0.292 e. The van der Waals surface area contributed by atoms with Crippen molar-refractivity contribution in [2.45, 2.75) is 6.54 Å². The second kappa shape index (κ2) is 6.54. The summed E-state index contributed by atoms with van der Waals surface area (Å²) in [5, 5.41) is 3.05. The maximum Gasteiger partial charge on any atom is 0.292 e. The molecule has 1 heterocycles. The number of ether oxygens (including phenoxy) is 1. The van der Waals surface area contributed by atoms with Crippen LogP contribution in [0, 0.1) is 5.82 Å². The Morgan fingerprint density at radius 2 is 2.00 bits per heavy atom. The van der Waals surface area contributed by atoms with Crippen molar-refractivity contribution in [1.29, 1.82) is 0 Å². The topological polar surface area (TPSA) is 71.2 Å². The summed E-state index contributed by atoms with van der Waals surface area (Å²) in [4.78, 5) is 27.4. The average Bonchev–Trinajstić information content (AvgIpc) is 3.03. The summed E-state index contributed by atoms with van der Waals surface area (Å²) in [5.74, 6) is -1.32. The molecule has 0 aliphatic carbocycles. The molecule has 122 valence electrons. The van der Waals surface area contributed by atoms with Gasteiger partial charge in [0.15, 0.2) is 0 Å².